The molecule has 1 rings (SSSR count). The molecule has 0 spiro atoms. The third-order valence-electron chi connectivity index (χ3n) is 3.09. The van der Waals surface area contributed by atoms with Crippen molar-refractivity contribution in [1.82, 2.24) is 0 Å². The van der Waals surface area contributed by atoms with Crippen molar-refractivity contribution in [3.63, 3.8) is 0 Å². The lowest BCUT2D eigenvalue weighted by Gasteiger charge is -2.39. The summed E-state index contributed by atoms with van der Waals surface area (Å²) in [7, 11) is 0. The SMILES string of the molecule is CCOCC1(C)COC(=O)CC1CC. The van der Waals surface area contributed by atoms with Crippen LogP contribution in [0.1, 0.15) is 33.6 Å². The summed E-state index contributed by atoms with van der Waals surface area (Å²) < 4.78 is 10.6. The number of carbonyl (C=O) groups excluding carboxylic acids is 1. The Morgan fingerprint density at radius 2 is 2.29 bits per heavy atom. The standard InChI is InChI=1S/C11H20O3/c1-4-9-6-10(12)14-8-11(9,3)7-13-5-2/h9H,4-8H2,1-3H3. The summed E-state index contributed by atoms with van der Waals surface area (Å²) in [4.78, 5) is 11.1. The minimum atomic E-state index is -0.0641. The Labute approximate surface area is 85.8 Å². The molecular formula is C11H20O3. The van der Waals surface area contributed by atoms with E-state index in [1.54, 1.807) is 0 Å². The molecule has 0 aromatic heterocycles. The first-order valence-corrected chi connectivity index (χ1v) is 5.35. The molecule has 1 heterocycles. The van der Waals surface area contributed by atoms with E-state index in [4.69, 9.17) is 9.47 Å². The summed E-state index contributed by atoms with van der Waals surface area (Å²) in [5.74, 6) is 0.334. The zero-order valence-corrected chi connectivity index (χ0v) is 9.34. The fourth-order valence-corrected chi connectivity index (χ4v) is 2.00. The van der Waals surface area contributed by atoms with Crippen LogP contribution in [0, 0.1) is 11.3 Å². The van der Waals surface area contributed by atoms with Crippen LogP contribution >= 0.6 is 0 Å². The third-order valence-corrected chi connectivity index (χ3v) is 3.09. The average Bonchev–Trinajstić information content (AvgIpc) is 2.19. The molecule has 0 bridgehead atoms. The highest BCUT2D eigenvalue weighted by molar-refractivity contribution is 5.70. The number of esters is 1. The fourth-order valence-electron chi connectivity index (χ4n) is 2.00. The van der Waals surface area contributed by atoms with Crippen molar-refractivity contribution in [2.45, 2.75) is 33.6 Å². The van der Waals surface area contributed by atoms with E-state index in [0.717, 1.165) is 13.0 Å². The average molecular weight is 200 g/mol. The lowest BCUT2D eigenvalue weighted by atomic mass is 9.73. The smallest absolute Gasteiger partial charge is 0.306 e. The molecule has 3 heteroatoms. The highest BCUT2D eigenvalue weighted by Crippen LogP contribution is 2.37. The summed E-state index contributed by atoms with van der Waals surface area (Å²) in [6.45, 7) is 8.16. The molecule has 2 unspecified atom stereocenters. The van der Waals surface area contributed by atoms with Gasteiger partial charge in [-0.3, -0.25) is 4.79 Å². The first-order valence-electron chi connectivity index (χ1n) is 5.35. The molecule has 0 aromatic carbocycles. The van der Waals surface area contributed by atoms with Crippen LogP contribution in [0.5, 0.6) is 0 Å². The molecule has 1 fully saturated rings. The van der Waals surface area contributed by atoms with E-state index in [2.05, 4.69) is 13.8 Å². The van der Waals surface area contributed by atoms with Gasteiger partial charge in [0.1, 0.15) is 0 Å². The summed E-state index contributed by atoms with van der Waals surface area (Å²) in [5, 5.41) is 0. The second-order valence-electron chi connectivity index (χ2n) is 4.26. The van der Waals surface area contributed by atoms with Gasteiger partial charge in [0.2, 0.25) is 0 Å². The summed E-state index contributed by atoms with van der Waals surface area (Å²) in [6.07, 6.45) is 1.55. The maximum absolute atomic E-state index is 11.1. The van der Waals surface area contributed by atoms with Gasteiger partial charge in [0, 0.05) is 18.4 Å². The normalized spacial score (nSPS) is 32.8. The number of cyclic esters (lactones) is 1. The van der Waals surface area contributed by atoms with Crippen molar-refractivity contribution in [2.75, 3.05) is 19.8 Å². The van der Waals surface area contributed by atoms with Crippen molar-refractivity contribution >= 4 is 5.97 Å². The van der Waals surface area contributed by atoms with E-state index in [-0.39, 0.29) is 11.4 Å². The van der Waals surface area contributed by atoms with Gasteiger partial charge in [-0.1, -0.05) is 20.3 Å². The molecule has 14 heavy (non-hydrogen) atoms. The van der Waals surface area contributed by atoms with Crippen LogP contribution < -0.4 is 0 Å². The molecule has 3 nitrogen and oxygen atoms in total. The Bertz CT molecular complexity index is 203. The number of rotatable bonds is 4. The van der Waals surface area contributed by atoms with E-state index in [1.807, 2.05) is 6.92 Å². The molecule has 2 atom stereocenters. The summed E-state index contributed by atoms with van der Waals surface area (Å²) in [6, 6.07) is 0. The Balaban J connectivity index is 2.59. The van der Waals surface area contributed by atoms with Crippen LogP contribution in [0.15, 0.2) is 0 Å². The van der Waals surface area contributed by atoms with Gasteiger partial charge >= 0.3 is 5.97 Å². The lowest BCUT2D eigenvalue weighted by Crippen LogP contribution is -2.43. The predicted octanol–water partition coefficient (Wildman–Crippen LogP) is 2.00. The van der Waals surface area contributed by atoms with Gasteiger partial charge in [-0.15, -0.1) is 0 Å². The van der Waals surface area contributed by atoms with Gasteiger partial charge in [-0.25, -0.2) is 0 Å². The van der Waals surface area contributed by atoms with Crippen LogP contribution in [0.4, 0.5) is 0 Å². The Kier molecular flexibility index (Phi) is 3.93. The molecular weight excluding hydrogens is 180 g/mol. The molecule has 0 aliphatic carbocycles. The Morgan fingerprint density at radius 1 is 1.57 bits per heavy atom. The van der Waals surface area contributed by atoms with E-state index < -0.39 is 0 Å². The van der Waals surface area contributed by atoms with Crippen molar-refractivity contribution < 1.29 is 14.3 Å². The maximum Gasteiger partial charge on any atom is 0.306 e. The number of hydrogen-bond donors (Lipinski definition) is 0. The van der Waals surface area contributed by atoms with Gasteiger partial charge in [-0.2, -0.15) is 0 Å². The zero-order valence-electron chi connectivity index (χ0n) is 9.34. The van der Waals surface area contributed by atoms with Crippen LogP contribution in [-0.4, -0.2) is 25.8 Å². The van der Waals surface area contributed by atoms with Gasteiger partial charge in [-0.05, 0) is 12.8 Å². The first-order chi connectivity index (χ1) is 6.62. The minimum absolute atomic E-state index is 0.0126. The maximum atomic E-state index is 11.1. The number of ether oxygens (including phenoxy) is 2. The molecule has 1 saturated heterocycles. The molecule has 0 N–H and O–H groups in total. The molecule has 0 aromatic rings. The molecule has 1 aliphatic heterocycles. The van der Waals surface area contributed by atoms with Crippen molar-refractivity contribution in [3.8, 4) is 0 Å². The van der Waals surface area contributed by atoms with Gasteiger partial charge in [0.05, 0.1) is 13.2 Å². The highest BCUT2D eigenvalue weighted by atomic mass is 16.5. The largest absolute Gasteiger partial charge is 0.465 e. The zero-order chi connectivity index (χ0) is 10.6. The number of hydrogen-bond acceptors (Lipinski definition) is 3. The monoisotopic (exact) mass is 200 g/mol. The molecule has 0 saturated carbocycles. The van der Waals surface area contributed by atoms with Crippen LogP contribution in [-0.2, 0) is 14.3 Å². The number of carbonyl (C=O) groups is 1. The van der Waals surface area contributed by atoms with Gasteiger partial charge < -0.3 is 9.47 Å². The fraction of sp³-hybridized carbons (Fsp3) is 0.909. The van der Waals surface area contributed by atoms with Crippen LogP contribution in [0.25, 0.3) is 0 Å². The van der Waals surface area contributed by atoms with E-state index >= 15 is 0 Å². The molecule has 0 amide bonds. The molecule has 1 aliphatic rings. The predicted molar refractivity (Wildman–Crippen MR) is 54.0 cm³/mol. The second-order valence-corrected chi connectivity index (χ2v) is 4.26. The molecule has 0 radical (unpaired) electrons. The van der Waals surface area contributed by atoms with Gasteiger partial charge in [0.15, 0.2) is 0 Å². The lowest BCUT2D eigenvalue weighted by molar-refractivity contribution is -0.163. The minimum Gasteiger partial charge on any atom is -0.465 e. The van der Waals surface area contributed by atoms with Gasteiger partial charge in [0.25, 0.3) is 0 Å². The van der Waals surface area contributed by atoms with Crippen LogP contribution in [0.2, 0.25) is 0 Å². The van der Waals surface area contributed by atoms with Crippen molar-refractivity contribution in [2.24, 2.45) is 11.3 Å². The Hall–Kier alpha value is -0.570. The highest BCUT2D eigenvalue weighted by Gasteiger charge is 2.40. The van der Waals surface area contributed by atoms with E-state index in [0.29, 0.717) is 25.6 Å². The van der Waals surface area contributed by atoms with E-state index in [9.17, 15) is 4.79 Å². The Morgan fingerprint density at radius 3 is 2.86 bits per heavy atom. The third kappa shape index (κ3) is 2.47. The van der Waals surface area contributed by atoms with Crippen molar-refractivity contribution in [3.05, 3.63) is 0 Å². The van der Waals surface area contributed by atoms with E-state index in [1.165, 1.54) is 0 Å². The topological polar surface area (TPSA) is 35.5 Å². The molecule has 82 valence electrons. The summed E-state index contributed by atoms with van der Waals surface area (Å²) in [5.41, 5.74) is 0.0126. The first kappa shape index (κ1) is 11.5. The quantitative estimate of drug-likeness (QED) is 0.651. The second kappa shape index (κ2) is 4.78. The van der Waals surface area contributed by atoms with Crippen LogP contribution in [0.3, 0.4) is 0 Å². The summed E-state index contributed by atoms with van der Waals surface area (Å²) >= 11 is 0. The van der Waals surface area contributed by atoms with Crippen molar-refractivity contribution in [1.29, 1.82) is 0 Å².